The van der Waals surface area contributed by atoms with Gasteiger partial charge in [0.05, 0.1) is 5.56 Å². The molecule has 1 fully saturated rings. The van der Waals surface area contributed by atoms with Crippen LogP contribution in [0.25, 0.3) is 6.08 Å². The number of allylic oxidation sites excluding steroid dienone is 1. The van der Waals surface area contributed by atoms with E-state index < -0.39 is 5.97 Å². The summed E-state index contributed by atoms with van der Waals surface area (Å²) in [7, 11) is 0. The fourth-order valence-electron chi connectivity index (χ4n) is 4.86. The van der Waals surface area contributed by atoms with Crippen molar-refractivity contribution in [2.24, 2.45) is 11.8 Å². The summed E-state index contributed by atoms with van der Waals surface area (Å²) in [5.74, 6) is 1.27. The van der Waals surface area contributed by atoms with Crippen LogP contribution in [0, 0.1) is 11.8 Å². The summed E-state index contributed by atoms with van der Waals surface area (Å²) >= 11 is 0. The summed E-state index contributed by atoms with van der Waals surface area (Å²) in [5, 5.41) is 9.06. The number of fused-ring (bicyclic) bond motifs is 2. The Bertz CT molecular complexity index is 862. The van der Waals surface area contributed by atoms with Gasteiger partial charge in [0.25, 0.3) is 0 Å². The summed E-state index contributed by atoms with van der Waals surface area (Å²) in [6.07, 6.45) is 3.53. The highest BCUT2D eigenvalue weighted by atomic mass is 16.4. The Kier molecular flexibility index (Phi) is 3.61. The molecule has 1 N–H and O–H groups in total. The number of aromatic carboxylic acids is 1. The lowest BCUT2D eigenvalue weighted by Crippen LogP contribution is -2.33. The van der Waals surface area contributed by atoms with Gasteiger partial charge in [-0.05, 0) is 59.9 Å². The van der Waals surface area contributed by atoms with Crippen molar-refractivity contribution in [3.05, 3.63) is 76.4 Å². The Balaban J connectivity index is 1.75. The molecule has 1 saturated carbocycles. The van der Waals surface area contributed by atoms with Crippen molar-refractivity contribution in [1.29, 1.82) is 0 Å². The monoisotopic (exact) mass is 332 g/mol. The van der Waals surface area contributed by atoms with E-state index in [0.717, 1.165) is 11.5 Å². The molecule has 0 aromatic heterocycles. The number of carboxylic acids is 1. The smallest absolute Gasteiger partial charge is 0.335 e. The number of rotatable bonds is 3. The molecule has 2 aromatic rings. The number of hydrogen-bond donors (Lipinski definition) is 1. The van der Waals surface area contributed by atoms with E-state index in [1.54, 1.807) is 12.1 Å². The fraction of sp³-hybridized carbons (Fsp3) is 0.348. The first-order valence-corrected chi connectivity index (χ1v) is 9.04. The van der Waals surface area contributed by atoms with E-state index in [9.17, 15) is 4.79 Å². The van der Waals surface area contributed by atoms with Crippen LogP contribution in [0.3, 0.4) is 0 Å². The van der Waals surface area contributed by atoms with Crippen molar-refractivity contribution < 1.29 is 9.90 Å². The first kappa shape index (κ1) is 16.1. The van der Waals surface area contributed by atoms with Crippen LogP contribution in [0.15, 0.2) is 54.1 Å². The highest BCUT2D eigenvalue weighted by Gasteiger charge is 2.57. The lowest BCUT2D eigenvalue weighted by atomic mass is 9.64. The standard InChI is InChI=1S/C23H24O2/c1-14(12-16-8-10-17(11-9-16)22(24)25)23(3)20-7-5-4-6-18(20)15(2)19-13-21(19)23/h4-12,15,19,21H,13H2,1-3H3,(H,24,25)/b14-12+. The Labute approximate surface area is 149 Å². The van der Waals surface area contributed by atoms with Crippen LogP contribution in [0.4, 0.5) is 0 Å². The first-order valence-electron chi connectivity index (χ1n) is 9.04. The highest BCUT2D eigenvalue weighted by molar-refractivity contribution is 5.87. The van der Waals surface area contributed by atoms with E-state index in [2.05, 4.69) is 51.1 Å². The third-order valence-electron chi connectivity index (χ3n) is 6.59. The molecule has 2 heteroatoms. The summed E-state index contributed by atoms with van der Waals surface area (Å²) in [4.78, 5) is 11.0. The van der Waals surface area contributed by atoms with E-state index in [-0.39, 0.29) is 5.41 Å². The quantitative estimate of drug-likeness (QED) is 0.806. The van der Waals surface area contributed by atoms with Crippen LogP contribution in [0.1, 0.15) is 60.2 Å². The van der Waals surface area contributed by atoms with Gasteiger partial charge >= 0.3 is 5.97 Å². The molecule has 4 atom stereocenters. The molecule has 25 heavy (non-hydrogen) atoms. The van der Waals surface area contributed by atoms with E-state index in [0.29, 0.717) is 17.4 Å². The average Bonchev–Trinajstić information content (AvgIpc) is 3.42. The molecule has 4 rings (SSSR count). The molecule has 2 aliphatic carbocycles. The highest BCUT2D eigenvalue weighted by Crippen LogP contribution is 2.65. The van der Waals surface area contributed by atoms with Gasteiger partial charge < -0.3 is 5.11 Å². The van der Waals surface area contributed by atoms with E-state index in [1.165, 1.54) is 23.1 Å². The largest absolute Gasteiger partial charge is 0.478 e. The summed E-state index contributed by atoms with van der Waals surface area (Å²) in [6.45, 7) is 6.99. The van der Waals surface area contributed by atoms with Crippen LogP contribution in [-0.4, -0.2) is 11.1 Å². The SMILES string of the molecule is C/C(=C\c1ccc(C(=O)O)cc1)C1(C)c2ccccc2C(C)C2CC21. The van der Waals surface area contributed by atoms with E-state index in [4.69, 9.17) is 5.11 Å². The van der Waals surface area contributed by atoms with Crippen molar-refractivity contribution in [3.63, 3.8) is 0 Å². The summed E-state index contributed by atoms with van der Waals surface area (Å²) < 4.78 is 0. The van der Waals surface area contributed by atoms with Gasteiger partial charge in [0.2, 0.25) is 0 Å². The second-order valence-corrected chi connectivity index (χ2v) is 7.84. The van der Waals surface area contributed by atoms with Gasteiger partial charge in [-0.1, -0.05) is 61.9 Å². The topological polar surface area (TPSA) is 37.3 Å². The predicted molar refractivity (Wildman–Crippen MR) is 101 cm³/mol. The van der Waals surface area contributed by atoms with Gasteiger partial charge in [0, 0.05) is 5.41 Å². The number of hydrogen-bond acceptors (Lipinski definition) is 1. The van der Waals surface area contributed by atoms with Crippen LogP contribution < -0.4 is 0 Å². The lowest BCUT2D eigenvalue weighted by Gasteiger charge is -2.39. The third-order valence-corrected chi connectivity index (χ3v) is 6.59. The predicted octanol–water partition coefficient (Wildman–Crippen LogP) is 5.50. The second-order valence-electron chi connectivity index (χ2n) is 7.84. The normalized spacial score (nSPS) is 30.4. The minimum absolute atomic E-state index is 0.0687. The van der Waals surface area contributed by atoms with Crippen molar-refractivity contribution >= 4 is 12.0 Å². The minimum atomic E-state index is -0.879. The fourth-order valence-corrected chi connectivity index (χ4v) is 4.86. The molecule has 2 nitrogen and oxygen atoms in total. The number of carboxylic acid groups (broad SMARTS) is 1. The van der Waals surface area contributed by atoms with Crippen molar-refractivity contribution in [3.8, 4) is 0 Å². The molecular weight excluding hydrogens is 308 g/mol. The molecule has 0 amide bonds. The maximum absolute atomic E-state index is 11.0. The van der Waals surface area contributed by atoms with Crippen LogP contribution in [0.2, 0.25) is 0 Å². The van der Waals surface area contributed by atoms with Crippen LogP contribution in [-0.2, 0) is 5.41 Å². The molecule has 0 spiro atoms. The molecule has 0 aliphatic heterocycles. The summed E-state index contributed by atoms with van der Waals surface area (Å²) in [5.41, 5.74) is 5.80. The molecule has 0 bridgehead atoms. The first-order chi connectivity index (χ1) is 11.9. The molecule has 0 radical (unpaired) electrons. The van der Waals surface area contributed by atoms with Gasteiger partial charge in [-0.25, -0.2) is 4.79 Å². The zero-order valence-electron chi connectivity index (χ0n) is 15.0. The molecule has 0 heterocycles. The maximum atomic E-state index is 11.0. The second kappa shape index (κ2) is 5.59. The average molecular weight is 332 g/mol. The molecule has 2 aromatic carbocycles. The van der Waals surface area contributed by atoms with Gasteiger partial charge in [0.15, 0.2) is 0 Å². The van der Waals surface area contributed by atoms with Crippen LogP contribution >= 0.6 is 0 Å². The maximum Gasteiger partial charge on any atom is 0.335 e. The summed E-state index contributed by atoms with van der Waals surface area (Å²) in [6, 6.07) is 16.1. The van der Waals surface area contributed by atoms with Crippen molar-refractivity contribution in [2.75, 3.05) is 0 Å². The zero-order chi connectivity index (χ0) is 17.8. The van der Waals surface area contributed by atoms with E-state index >= 15 is 0 Å². The van der Waals surface area contributed by atoms with Gasteiger partial charge in [-0.3, -0.25) is 0 Å². The van der Waals surface area contributed by atoms with Gasteiger partial charge in [-0.15, -0.1) is 0 Å². The molecule has 4 unspecified atom stereocenters. The minimum Gasteiger partial charge on any atom is -0.478 e. The Morgan fingerprint density at radius 3 is 2.52 bits per heavy atom. The van der Waals surface area contributed by atoms with Gasteiger partial charge in [0.1, 0.15) is 0 Å². The number of benzene rings is 2. The lowest BCUT2D eigenvalue weighted by molar-refractivity contribution is 0.0697. The zero-order valence-corrected chi connectivity index (χ0v) is 15.0. The molecular formula is C23H24O2. The molecule has 128 valence electrons. The van der Waals surface area contributed by atoms with E-state index in [1.807, 2.05) is 12.1 Å². The number of carbonyl (C=O) groups is 1. The van der Waals surface area contributed by atoms with Crippen molar-refractivity contribution in [1.82, 2.24) is 0 Å². The Hall–Kier alpha value is -2.35. The van der Waals surface area contributed by atoms with Gasteiger partial charge in [-0.2, -0.15) is 0 Å². The Morgan fingerprint density at radius 1 is 1.16 bits per heavy atom. The molecule has 2 aliphatic rings. The Morgan fingerprint density at radius 2 is 1.84 bits per heavy atom. The van der Waals surface area contributed by atoms with Crippen molar-refractivity contribution in [2.45, 2.75) is 38.5 Å². The third kappa shape index (κ3) is 2.43. The molecule has 0 saturated heterocycles. The van der Waals surface area contributed by atoms with Crippen LogP contribution in [0.5, 0.6) is 0 Å².